The molecule has 3 nitrogen and oxygen atoms in total. The molecule has 0 saturated heterocycles. The Kier molecular flexibility index (Phi) is 4.80. The average Bonchev–Trinajstić information content (AvgIpc) is 2.76. The minimum absolute atomic E-state index is 1.05. The highest BCUT2D eigenvalue weighted by Crippen LogP contribution is 2.19. The fourth-order valence-corrected chi connectivity index (χ4v) is 2.37. The van der Waals surface area contributed by atoms with Crippen LogP contribution in [0.2, 0.25) is 0 Å². The molecule has 0 bridgehead atoms. The molecular formula is C14H23N3. The normalized spacial score (nSPS) is 15.9. The van der Waals surface area contributed by atoms with Crippen LogP contribution in [0.15, 0.2) is 23.9 Å². The van der Waals surface area contributed by atoms with Crippen LogP contribution in [-0.2, 0) is 13.5 Å². The molecule has 0 spiro atoms. The summed E-state index contributed by atoms with van der Waals surface area (Å²) in [5.41, 5.74) is 2.96. The maximum absolute atomic E-state index is 4.17. The van der Waals surface area contributed by atoms with Crippen LogP contribution in [0.4, 0.5) is 0 Å². The monoisotopic (exact) mass is 233 g/mol. The van der Waals surface area contributed by atoms with Crippen LogP contribution in [0.1, 0.15) is 37.8 Å². The highest BCUT2D eigenvalue weighted by Gasteiger charge is 2.03. The third-order valence-electron chi connectivity index (χ3n) is 3.49. The summed E-state index contributed by atoms with van der Waals surface area (Å²) in [5.74, 6) is 0. The third kappa shape index (κ3) is 4.00. The van der Waals surface area contributed by atoms with Crippen molar-refractivity contribution in [3.63, 3.8) is 0 Å². The first-order chi connectivity index (χ1) is 8.36. The predicted molar refractivity (Wildman–Crippen MR) is 70.9 cm³/mol. The molecule has 3 heteroatoms. The highest BCUT2D eigenvalue weighted by molar-refractivity contribution is 5.05. The van der Waals surface area contributed by atoms with Crippen LogP contribution in [0, 0.1) is 0 Å². The first-order valence-corrected chi connectivity index (χ1v) is 6.72. The standard InChI is InChI=1S/C14H23N3/c1-17-14(9-12-16-17)8-11-15-10-7-13-5-3-2-4-6-13/h5,9,12,15H,2-4,6-8,10-11H2,1H3. The average molecular weight is 233 g/mol. The van der Waals surface area contributed by atoms with Crippen molar-refractivity contribution in [1.29, 1.82) is 0 Å². The smallest absolute Gasteiger partial charge is 0.0492 e. The van der Waals surface area contributed by atoms with E-state index < -0.39 is 0 Å². The molecule has 0 aliphatic heterocycles. The van der Waals surface area contributed by atoms with Gasteiger partial charge in [0.1, 0.15) is 0 Å². The van der Waals surface area contributed by atoms with Crippen molar-refractivity contribution in [2.24, 2.45) is 7.05 Å². The second-order valence-electron chi connectivity index (χ2n) is 4.80. The van der Waals surface area contributed by atoms with Gasteiger partial charge in [0.2, 0.25) is 0 Å². The van der Waals surface area contributed by atoms with E-state index in [1.54, 1.807) is 5.57 Å². The Morgan fingerprint density at radius 1 is 1.29 bits per heavy atom. The van der Waals surface area contributed by atoms with Crippen LogP contribution in [0.3, 0.4) is 0 Å². The summed E-state index contributed by atoms with van der Waals surface area (Å²) in [4.78, 5) is 0. The first kappa shape index (κ1) is 12.4. The van der Waals surface area contributed by atoms with E-state index in [9.17, 15) is 0 Å². The Hall–Kier alpha value is -1.09. The Bertz CT molecular complexity index is 365. The van der Waals surface area contributed by atoms with Crippen LogP contribution in [-0.4, -0.2) is 22.9 Å². The van der Waals surface area contributed by atoms with Gasteiger partial charge in [-0.2, -0.15) is 5.10 Å². The summed E-state index contributed by atoms with van der Waals surface area (Å²) in [6.45, 7) is 2.16. The zero-order valence-electron chi connectivity index (χ0n) is 10.8. The molecule has 0 aromatic carbocycles. The van der Waals surface area contributed by atoms with E-state index in [-0.39, 0.29) is 0 Å². The van der Waals surface area contributed by atoms with E-state index >= 15 is 0 Å². The van der Waals surface area contributed by atoms with Gasteiger partial charge in [0.05, 0.1) is 0 Å². The van der Waals surface area contributed by atoms with Crippen molar-refractivity contribution in [2.45, 2.75) is 38.5 Å². The van der Waals surface area contributed by atoms with Gasteiger partial charge in [-0.1, -0.05) is 11.6 Å². The summed E-state index contributed by atoms with van der Waals surface area (Å²) in [7, 11) is 2.00. The highest BCUT2D eigenvalue weighted by atomic mass is 15.3. The molecule has 94 valence electrons. The largest absolute Gasteiger partial charge is 0.316 e. The molecule has 2 rings (SSSR count). The Labute approximate surface area is 104 Å². The number of hydrogen-bond donors (Lipinski definition) is 1. The van der Waals surface area contributed by atoms with Crippen LogP contribution in [0.5, 0.6) is 0 Å². The summed E-state index contributed by atoms with van der Waals surface area (Å²) in [5, 5.41) is 7.68. The molecule has 0 amide bonds. The molecular weight excluding hydrogens is 210 g/mol. The van der Waals surface area contributed by atoms with Gasteiger partial charge in [0.15, 0.2) is 0 Å². The van der Waals surface area contributed by atoms with E-state index in [0.29, 0.717) is 0 Å². The lowest BCUT2D eigenvalue weighted by Crippen LogP contribution is -2.20. The number of allylic oxidation sites excluding steroid dienone is 1. The number of rotatable bonds is 6. The molecule has 17 heavy (non-hydrogen) atoms. The molecule has 1 heterocycles. The molecule has 1 aromatic rings. The number of nitrogens with zero attached hydrogens (tertiary/aromatic N) is 2. The molecule has 0 saturated carbocycles. The molecule has 0 radical (unpaired) electrons. The minimum Gasteiger partial charge on any atom is -0.316 e. The van der Waals surface area contributed by atoms with Crippen molar-refractivity contribution >= 4 is 0 Å². The van der Waals surface area contributed by atoms with Gasteiger partial charge in [-0.15, -0.1) is 0 Å². The van der Waals surface area contributed by atoms with Gasteiger partial charge in [0, 0.05) is 31.9 Å². The Morgan fingerprint density at radius 3 is 2.88 bits per heavy atom. The Balaban J connectivity index is 1.57. The molecule has 1 aliphatic carbocycles. The second kappa shape index (κ2) is 6.60. The quantitative estimate of drug-likeness (QED) is 0.604. The van der Waals surface area contributed by atoms with Gasteiger partial charge >= 0.3 is 0 Å². The van der Waals surface area contributed by atoms with Crippen molar-refractivity contribution in [3.8, 4) is 0 Å². The van der Waals surface area contributed by atoms with E-state index in [2.05, 4.69) is 22.6 Å². The van der Waals surface area contributed by atoms with Crippen molar-refractivity contribution in [1.82, 2.24) is 15.1 Å². The predicted octanol–water partition coefficient (Wildman–Crippen LogP) is 2.44. The fourth-order valence-electron chi connectivity index (χ4n) is 2.37. The number of aryl methyl sites for hydroxylation is 1. The summed E-state index contributed by atoms with van der Waals surface area (Å²) < 4.78 is 1.95. The number of nitrogens with one attached hydrogen (secondary N) is 1. The Morgan fingerprint density at radius 2 is 2.18 bits per heavy atom. The number of aromatic nitrogens is 2. The lowest BCUT2D eigenvalue weighted by atomic mass is 9.97. The summed E-state index contributed by atoms with van der Waals surface area (Å²) in [6.07, 6.45) is 12.0. The van der Waals surface area contributed by atoms with E-state index in [1.807, 2.05) is 17.9 Å². The zero-order valence-corrected chi connectivity index (χ0v) is 10.8. The molecule has 0 atom stereocenters. The van der Waals surface area contributed by atoms with E-state index in [4.69, 9.17) is 0 Å². The van der Waals surface area contributed by atoms with Crippen LogP contribution >= 0.6 is 0 Å². The molecule has 1 N–H and O–H groups in total. The minimum atomic E-state index is 1.05. The van der Waals surface area contributed by atoms with Gasteiger partial charge in [-0.05, 0) is 44.7 Å². The molecule has 1 aliphatic rings. The fraction of sp³-hybridized carbons (Fsp3) is 0.643. The van der Waals surface area contributed by atoms with Crippen LogP contribution in [0.25, 0.3) is 0 Å². The zero-order chi connectivity index (χ0) is 11.9. The van der Waals surface area contributed by atoms with Gasteiger partial charge < -0.3 is 5.32 Å². The van der Waals surface area contributed by atoms with Crippen molar-refractivity contribution in [3.05, 3.63) is 29.6 Å². The van der Waals surface area contributed by atoms with E-state index in [0.717, 1.165) is 19.5 Å². The lowest BCUT2D eigenvalue weighted by molar-refractivity contribution is 0.617. The second-order valence-corrected chi connectivity index (χ2v) is 4.80. The topological polar surface area (TPSA) is 29.9 Å². The first-order valence-electron chi connectivity index (χ1n) is 6.72. The SMILES string of the molecule is Cn1nccc1CCNCCC1=CCCCC1. The van der Waals surface area contributed by atoms with Gasteiger partial charge in [-0.25, -0.2) is 0 Å². The summed E-state index contributed by atoms with van der Waals surface area (Å²) >= 11 is 0. The van der Waals surface area contributed by atoms with Crippen molar-refractivity contribution < 1.29 is 0 Å². The van der Waals surface area contributed by atoms with Gasteiger partial charge in [0.25, 0.3) is 0 Å². The molecule has 0 fully saturated rings. The maximum atomic E-state index is 4.17. The lowest BCUT2D eigenvalue weighted by Gasteiger charge is -2.12. The van der Waals surface area contributed by atoms with Crippen molar-refractivity contribution in [2.75, 3.05) is 13.1 Å². The third-order valence-corrected chi connectivity index (χ3v) is 3.49. The maximum Gasteiger partial charge on any atom is 0.0492 e. The number of hydrogen-bond acceptors (Lipinski definition) is 2. The molecule has 0 unspecified atom stereocenters. The summed E-state index contributed by atoms with van der Waals surface area (Å²) in [6, 6.07) is 2.09. The van der Waals surface area contributed by atoms with Crippen LogP contribution < -0.4 is 5.32 Å². The van der Waals surface area contributed by atoms with E-state index in [1.165, 1.54) is 37.8 Å². The van der Waals surface area contributed by atoms with Gasteiger partial charge in [-0.3, -0.25) is 4.68 Å². The molecule has 1 aromatic heterocycles.